The van der Waals surface area contributed by atoms with E-state index in [9.17, 15) is 29.1 Å². The maximum Gasteiger partial charge on any atom is 0.336 e. The second kappa shape index (κ2) is 14.7. The lowest BCUT2D eigenvalue weighted by Crippen LogP contribution is -2.61. The van der Waals surface area contributed by atoms with E-state index in [1.165, 1.54) is 0 Å². The number of carboxylic acid groups (broad SMARTS) is 3. The lowest BCUT2D eigenvalue weighted by Gasteiger charge is -2.63. The SMILES string of the molecule is CCN(CC)CC(=O)O[C@H]1C[C@]2(C)[C@@H](C(C)=O)CC[C@H]2[C@@H]2CC[C@H]3C[C@H](O)[C@@H](C)C[C@]3(C)[C@H]21.O=C(O)CC(O)(CC(=O)O)C(=O)O. The molecule has 4 saturated carbocycles. The van der Waals surface area contributed by atoms with Crippen LogP contribution in [-0.4, -0.2) is 97.5 Å². The Bertz CT molecular complexity index is 1140. The van der Waals surface area contributed by atoms with Crippen LogP contribution in [0.4, 0.5) is 0 Å². The Balaban J connectivity index is 0.000000376. The number of hydrogen-bond acceptors (Lipinski definition) is 9. The molecule has 4 fully saturated rings. The normalized spacial score (nSPS) is 36.7. The van der Waals surface area contributed by atoms with Crippen molar-refractivity contribution in [1.29, 1.82) is 0 Å². The zero-order valence-electron chi connectivity index (χ0n) is 28.2. The molecule has 0 radical (unpaired) electrons. The number of carbonyl (C=O) groups is 5. The van der Waals surface area contributed by atoms with Crippen LogP contribution < -0.4 is 0 Å². The summed E-state index contributed by atoms with van der Waals surface area (Å²) in [5.74, 6) is -2.60. The molecule has 262 valence electrons. The van der Waals surface area contributed by atoms with Crippen molar-refractivity contribution in [3.8, 4) is 0 Å². The van der Waals surface area contributed by atoms with Gasteiger partial charge in [-0.05, 0) is 99.5 Å². The number of aliphatic hydroxyl groups excluding tert-OH is 1. The van der Waals surface area contributed by atoms with Gasteiger partial charge in [0, 0.05) is 11.8 Å². The van der Waals surface area contributed by atoms with Crippen molar-refractivity contribution in [3.63, 3.8) is 0 Å². The fraction of sp³-hybridized carbons (Fsp3) is 0.853. The van der Waals surface area contributed by atoms with E-state index in [-0.39, 0.29) is 40.8 Å². The number of likely N-dealkylation sites (N-methyl/N-ethyl adjacent to an activating group) is 1. The summed E-state index contributed by atoms with van der Waals surface area (Å²) in [6.45, 7) is 14.9. The van der Waals surface area contributed by atoms with E-state index < -0.39 is 36.4 Å². The molecule has 0 amide bonds. The molecule has 12 heteroatoms. The molecule has 5 N–H and O–H groups in total. The standard InChI is InChI=1S/C28H47NO4.C6H8O7/c1-7-29(8-2)16-25(32)33-24-15-28(6)21(18(4)30)11-12-22(28)20-10-9-19-13-23(31)17(3)14-27(19,5)26(20)24;7-3(8)1-6(13,5(11)12)2-4(9)10/h17,19-24,26,31H,7-16H2,1-6H3;13H,1-2H2,(H,7,8)(H,9,10)(H,11,12)/t17-,19-,20-,21+,22-,23-,24-,26+,27-,28+;/m0./s1. The molecular weight excluding hydrogens is 598 g/mol. The van der Waals surface area contributed by atoms with Gasteiger partial charge in [-0.1, -0.05) is 34.6 Å². The Morgan fingerprint density at radius 3 is 1.98 bits per heavy atom. The molecule has 4 rings (SSSR count). The van der Waals surface area contributed by atoms with E-state index in [2.05, 4.69) is 39.5 Å². The van der Waals surface area contributed by atoms with E-state index in [4.69, 9.17) is 25.2 Å². The number of hydrogen-bond donors (Lipinski definition) is 5. The molecule has 46 heavy (non-hydrogen) atoms. The Hall–Kier alpha value is -2.57. The van der Waals surface area contributed by atoms with Crippen LogP contribution in [0.3, 0.4) is 0 Å². The Morgan fingerprint density at radius 2 is 1.48 bits per heavy atom. The van der Waals surface area contributed by atoms with Crippen LogP contribution >= 0.6 is 0 Å². The highest BCUT2D eigenvalue weighted by molar-refractivity contribution is 5.88. The van der Waals surface area contributed by atoms with E-state index in [1.54, 1.807) is 6.92 Å². The van der Waals surface area contributed by atoms with Gasteiger partial charge in [-0.25, -0.2) is 4.79 Å². The number of carbonyl (C=O) groups excluding carboxylic acids is 2. The van der Waals surface area contributed by atoms with Gasteiger partial charge in [0.15, 0.2) is 5.60 Å². The number of aliphatic carboxylic acids is 3. The first-order valence-corrected chi connectivity index (χ1v) is 16.8. The molecule has 0 bridgehead atoms. The number of esters is 1. The zero-order chi connectivity index (χ0) is 34.8. The fourth-order valence-corrected chi connectivity index (χ4v) is 10.0. The highest BCUT2D eigenvalue weighted by atomic mass is 16.5. The van der Waals surface area contributed by atoms with E-state index in [0.29, 0.717) is 36.0 Å². The minimum absolute atomic E-state index is 0.0733. The molecule has 0 spiro atoms. The van der Waals surface area contributed by atoms with Crippen LogP contribution in [0.2, 0.25) is 0 Å². The number of rotatable bonds is 11. The second-order valence-electron chi connectivity index (χ2n) is 15.0. The van der Waals surface area contributed by atoms with Crippen molar-refractivity contribution >= 4 is 29.7 Å². The first-order valence-electron chi connectivity index (χ1n) is 16.8. The number of nitrogens with zero attached hydrogens (tertiary/aromatic N) is 1. The maximum absolute atomic E-state index is 13.1. The quantitative estimate of drug-likeness (QED) is 0.204. The van der Waals surface area contributed by atoms with Crippen molar-refractivity contribution in [2.75, 3.05) is 19.6 Å². The smallest absolute Gasteiger partial charge is 0.336 e. The zero-order valence-corrected chi connectivity index (χ0v) is 28.2. The Morgan fingerprint density at radius 1 is 0.891 bits per heavy atom. The van der Waals surface area contributed by atoms with Gasteiger partial charge in [0.1, 0.15) is 11.9 Å². The summed E-state index contributed by atoms with van der Waals surface area (Å²) < 4.78 is 6.42. The van der Waals surface area contributed by atoms with Gasteiger partial charge in [0.2, 0.25) is 0 Å². The van der Waals surface area contributed by atoms with Gasteiger partial charge in [-0.15, -0.1) is 0 Å². The van der Waals surface area contributed by atoms with Crippen LogP contribution in [0.25, 0.3) is 0 Å². The topological polar surface area (TPSA) is 199 Å². The highest BCUT2D eigenvalue weighted by Crippen LogP contribution is 2.68. The molecule has 0 saturated heterocycles. The summed E-state index contributed by atoms with van der Waals surface area (Å²) in [5.41, 5.74) is -2.73. The molecular formula is C34H55NO11. The van der Waals surface area contributed by atoms with Gasteiger partial charge in [0.25, 0.3) is 0 Å². The van der Waals surface area contributed by atoms with E-state index in [0.717, 1.165) is 58.0 Å². The molecule has 0 aromatic rings. The van der Waals surface area contributed by atoms with Crippen molar-refractivity contribution < 1.29 is 54.2 Å². The van der Waals surface area contributed by atoms with Gasteiger partial charge in [0.05, 0.1) is 25.5 Å². The van der Waals surface area contributed by atoms with Crippen LogP contribution in [-0.2, 0) is 28.7 Å². The maximum atomic E-state index is 13.1. The number of carboxylic acids is 3. The number of Topliss-reactive ketones (excluding diaryl/α,β-unsaturated/α-hetero) is 1. The summed E-state index contributed by atoms with van der Waals surface area (Å²) in [5, 5.41) is 44.5. The molecule has 0 aromatic heterocycles. The average molecular weight is 654 g/mol. The van der Waals surface area contributed by atoms with E-state index >= 15 is 0 Å². The molecule has 4 aliphatic carbocycles. The minimum Gasteiger partial charge on any atom is -0.481 e. The van der Waals surface area contributed by atoms with Crippen molar-refractivity contribution in [1.82, 2.24) is 4.90 Å². The van der Waals surface area contributed by atoms with Crippen molar-refractivity contribution in [3.05, 3.63) is 0 Å². The summed E-state index contributed by atoms with van der Waals surface area (Å²) in [7, 11) is 0. The molecule has 0 aromatic carbocycles. The molecule has 4 aliphatic rings. The van der Waals surface area contributed by atoms with Crippen molar-refractivity contribution in [2.24, 2.45) is 46.3 Å². The Kier molecular flexibility index (Phi) is 12.1. The van der Waals surface area contributed by atoms with Gasteiger partial charge >= 0.3 is 23.9 Å². The van der Waals surface area contributed by atoms with E-state index in [1.807, 2.05) is 0 Å². The molecule has 10 atom stereocenters. The first-order chi connectivity index (χ1) is 21.3. The summed E-state index contributed by atoms with van der Waals surface area (Å²) in [4.78, 5) is 58.4. The minimum atomic E-state index is -2.74. The summed E-state index contributed by atoms with van der Waals surface area (Å²) in [6.07, 6.45) is 4.45. The number of aliphatic hydroxyl groups is 2. The summed E-state index contributed by atoms with van der Waals surface area (Å²) >= 11 is 0. The third-order valence-corrected chi connectivity index (χ3v) is 12.2. The second-order valence-corrected chi connectivity index (χ2v) is 15.0. The number of fused-ring (bicyclic) bond motifs is 5. The predicted octanol–water partition coefficient (Wildman–Crippen LogP) is 3.46. The van der Waals surface area contributed by atoms with Crippen LogP contribution in [0, 0.1) is 46.3 Å². The first kappa shape index (κ1) is 37.9. The third-order valence-electron chi connectivity index (χ3n) is 12.2. The fourth-order valence-electron chi connectivity index (χ4n) is 10.0. The summed E-state index contributed by atoms with van der Waals surface area (Å²) in [6, 6.07) is 0. The number of ether oxygens (including phenoxy) is 1. The third kappa shape index (κ3) is 7.76. The largest absolute Gasteiger partial charge is 0.481 e. The van der Waals surface area contributed by atoms with Crippen LogP contribution in [0.1, 0.15) is 99.3 Å². The molecule has 12 nitrogen and oxygen atoms in total. The monoisotopic (exact) mass is 653 g/mol. The van der Waals surface area contributed by atoms with Crippen molar-refractivity contribution in [2.45, 2.75) is 117 Å². The molecule has 0 aliphatic heterocycles. The predicted molar refractivity (Wildman–Crippen MR) is 167 cm³/mol. The van der Waals surface area contributed by atoms with Gasteiger partial charge in [-0.3, -0.25) is 24.1 Å². The Labute approximate surface area is 271 Å². The average Bonchev–Trinajstić information content (AvgIpc) is 3.28. The van der Waals surface area contributed by atoms with Gasteiger partial charge < -0.3 is 30.3 Å². The van der Waals surface area contributed by atoms with Gasteiger partial charge in [-0.2, -0.15) is 0 Å². The lowest BCUT2D eigenvalue weighted by molar-refractivity contribution is -0.204. The van der Waals surface area contributed by atoms with Crippen LogP contribution in [0.15, 0.2) is 0 Å². The molecule has 0 heterocycles. The van der Waals surface area contributed by atoms with Crippen LogP contribution in [0.5, 0.6) is 0 Å². The molecule has 0 unspecified atom stereocenters. The lowest BCUT2D eigenvalue weighted by atomic mass is 9.43. The highest BCUT2D eigenvalue weighted by Gasteiger charge is 2.65. The number of ketones is 1.